The van der Waals surface area contributed by atoms with E-state index in [4.69, 9.17) is 5.11 Å². The molecule has 0 unspecified atom stereocenters. The fraction of sp³-hybridized carbons (Fsp3) is 0.692. The van der Waals surface area contributed by atoms with E-state index in [1.54, 1.807) is 0 Å². The third-order valence-corrected chi connectivity index (χ3v) is 3.16. The molecule has 1 heterocycles. The zero-order valence-electron chi connectivity index (χ0n) is 11.3. The van der Waals surface area contributed by atoms with Crippen molar-refractivity contribution in [3.05, 3.63) is 16.5 Å². The molecule has 0 aromatic carbocycles. The molecule has 0 amide bonds. The van der Waals surface area contributed by atoms with E-state index in [1.165, 1.54) is 0 Å². The minimum atomic E-state index is 0.0527. The Bertz CT molecular complexity index is 382. The smallest absolute Gasteiger partial charge is 0.132 e. The van der Waals surface area contributed by atoms with Gasteiger partial charge in [-0.15, -0.1) is 0 Å². The topological polar surface area (TPSA) is 58.0 Å². The predicted octanol–water partition coefficient (Wildman–Crippen LogP) is 3.01. The van der Waals surface area contributed by atoms with Gasteiger partial charge < -0.3 is 10.4 Å². The lowest BCUT2D eigenvalue weighted by Crippen LogP contribution is -2.24. The highest BCUT2D eigenvalue weighted by molar-refractivity contribution is 9.10. The summed E-state index contributed by atoms with van der Waals surface area (Å²) in [5.41, 5.74) is 0.0527. The van der Waals surface area contributed by atoms with Crippen molar-refractivity contribution in [2.24, 2.45) is 5.41 Å². The molecule has 102 valence electrons. The maximum Gasteiger partial charge on any atom is 0.132 e. The summed E-state index contributed by atoms with van der Waals surface area (Å²) in [4.78, 5) is 8.80. The monoisotopic (exact) mass is 315 g/mol. The van der Waals surface area contributed by atoms with Crippen molar-refractivity contribution >= 4 is 21.7 Å². The van der Waals surface area contributed by atoms with E-state index in [1.807, 2.05) is 6.07 Å². The molecule has 0 aliphatic carbocycles. The van der Waals surface area contributed by atoms with Gasteiger partial charge in [0.2, 0.25) is 0 Å². The number of aryl methyl sites for hydroxylation is 1. The molecule has 18 heavy (non-hydrogen) atoms. The van der Waals surface area contributed by atoms with Crippen molar-refractivity contribution in [2.75, 3.05) is 18.5 Å². The van der Waals surface area contributed by atoms with Gasteiger partial charge in [0.05, 0.1) is 0 Å². The summed E-state index contributed by atoms with van der Waals surface area (Å²) in [5.74, 6) is 1.70. The van der Waals surface area contributed by atoms with Gasteiger partial charge in [0.25, 0.3) is 0 Å². The lowest BCUT2D eigenvalue weighted by Gasteiger charge is -2.24. The van der Waals surface area contributed by atoms with Crippen LogP contribution < -0.4 is 5.32 Å². The van der Waals surface area contributed by atoms with E-state index in [-0.39, 0.29) is 12.0 Å². The molecule has 0 atom stereocenters. The van der Waals surface area contributed by atoms with Crippen LogP contribution in [0, 0.1) is 5.41 Å². The molecule has 0 radical (unpaired) electrons. The van der Waals surface area contributed by atoms with Crippen molar-refractivity contribution < 1.29 is 5.11 Å². The number of anilines is 1. The summed E-state index contributed by atoms with van der Waals surface area (Å²) in [7, 11) is 0. The molecule has 0 spiro atoms. The molecule has 5 heteroatoms. The highest BCUT2D eigenvalue weighted by atomic mass is 79.9. The van der Waals surface area contributed by atoms with Crippen LogP contribution in [0.25, 0.3) is 0 Å². The summed E-state index contributed by atoms with van der Waals surface area (Å²) in [6.45, 7) is 7.35. The quantitative estimate of drug-likeness (QED) is 0.759. The van der Waals surface area contributed by atoms with Gasteiger partial charge in [-0.3, -0.25) is 0 Å². The lowest BCUT2D eigenvalue weighted by molar-refractivity contribution is 0.220. The molecule has 0 aliphatic heterocycles. The van der Waals surface area contributed by atoms with Crippen molar-refractivity contribution in [3.63, 3.8) is 0 Å². The molecule has 0 bridgehead atoms. The lowest BCUT2D eigenvalue weighted by atomic mass is 9.90. The summed E-state index contributed by atoms with van der Waals surface area (Å²) in [5, 5.41) is 12.3. The van der Waals surface area contributed by atoms with Crippen molar-refractivity contribution in [2.45, 2.75) is 40.0 Å². The first-order valence-corrected chi connectivity index (χ1v) is 7.14. The summed E-state index contributed by atoms with van der Waals surface area (Å²) < 4.78 is 0.809. The van der Waals surface area contributed by atoms with Crippen LogP contribution in [0.5, 0.6) is 0 Å². The molecule has 0 saturated carbocycles. The number of nitrogens with one attached hydrogen (secondary N) is 1. The number of aliphatic hydroxyl groups excluding tert-OH is 1. The molecule has 0 aliphatic rings. The molecule has 0 fully saturated rings. The number of aliphatic hydroxyl groups is 1. The second kappa shape index (κ2) is 7.04. The third-order valence-electron chi connectivity index (χ3n) is 2.75. The van der Waals surface area contributed by atoms with Crippen LogP contribution in [-0.2, 0) is 6.42 Å². The van der Waals surface area contributed by atoms with Gasteiger partial charge in [0.15, 0.2) is 0 Å². The Hall–Kier alpha value is -0.680. The highest BCUT2D eigenvalue weighted by Crippen LogP contribution is 2.21. The van der Waals surface area contributed by atoms with Crippen molar-refractivity contribution in [3.8, 4) is 0 Å². The minimum absolute atomic E-state index is 0.0527. The zero-order chi connectivity index (χ0) is 13.6. The normalized spacial score (nSPS) is 11.6. The standard InChI is InChI=1S/C13H22BrN3O/c1-4-5-11-16-10(14)8-12(17-11)15-9-13(2,3)6-7-18/h8,18H,4-7,9H2,1-3H3,(H,15,16,17). The minimum Gasteiger partial charge on any atom is -0.396 e. The number of hydrogen-bond donors (Lipinski definition) is 2. The van der Waals surface area contributed by atoms with Crippen LogP contribution in [0.2, 0.25) is 0 Å². The molecule has 1 aromatic heterocycles. The second-order valence-corrected chi connectivity index (χ2v) is 6.05. The highest BCUT2D eigenvalue weighted by Gasteiger charge is 2.17. The Labute approximate surface area is 117 Å². The number of rotatable bonds is 7. The van der Waals surface area contributed by atoms with Gasteiger partial charge in [0.1, 0.15) is 16.2 Å². The molecular weight excluding hydrogens is 294 g/mol. The van der Waals surface area contributed by atoms with E-state index in [0.717, 1.165) is 42.1 Å². The van der Waals surface area contributed by atoms with Crippen LogP contribution in [0.3, 0.4) is 0 Å². The molecule has 1 aromatic rings. The second-order valence-electron chi connectivity index (χ2n) is 5.23. The van der Waals surface area contributed by atoms with Gasteiger partial charge in [0, 0.05) is 25.6 Å². The molecular formula is C13H22BrN3O. The average Bonchev–Trinajstić information content (AvgIpc) is 2.26. The Morgan fingerprint density at radius 2 is 2.11 bits per heavy atom. The molecule has 2 N–H and O–H groups in total. The fourth-order valence-corrected chi connectivity index (χ4v) is 2.03. The Balaban J connectivity index is 2.66. The zero-order valence-corrected chi connectivity index (χ0v) is 12.9. The van der Waals surface area contributed by atoms with E-state index >= 15 is 0 Å². The first kappa shape index (κ1) is 15.4. The van der Waals surface area contributed by atoms with E-state index in [2.05, 4.69) is 52.0 Å². The van der Waals surface area contributed by atoms with Gasteiger partial charge >= 0.3 is 0 Å². The summed E-state index contributed by atoms with van der Waals surface area (Å²) in [6.07, 6.45) is 2.69. The Morgan fingerprint density at radius 3 is 2.72 bits per heavy atom. The number of hydrogen-bond acceptors (Lipinski definition) is 4. The van der Waals surface area contributed by atoms with Crippen LogP contribution in [0.1, 0.15) is 39.4 Å². The predicted molar refractivity (Wildman–Crippen MR) is 77.7 cm³/mol. The first-order valence-electron chi connectivity index (χ1n) is 6.35. The van der Waals surface area contributed by atoms with Crippen molar-refractivity contribution in [1.29, 1.82) is 0 Å². The molecule has 0 saturated heterocycles. The molecule has 1 rings (SSSR count). The van der Waals surface area contributed by atoms with Crippen molar-refractivity contribution in [1.82, 2.24) is 9.97 Å². The Kier molecular flexibility index (Phi) is 6.02. The molecule has 4 nitrogen and oxygen atoms in total. The Morgan fingerprint density at radius 1 is 1.39 bits per heavy atom. The summed E-state index contributed by atoms with van der Waals surface area (Å²) in [6, 6.07) is 1.88. The van der Waals surface area contributed by atoms with Crippen LogP contribution in [0.4, 0.5) is 5.82 Å². The van der Waals surface area contributed by atoms with Gasteiger partial charge in [-0.05, 0) is 34.2 Å². The van der Waals surface area contributed by atoms with E-state index in [9.17, 15) is 0 Å². The third kappa shape index (κ3) is 5.31. The van der Waals surface area contributed by atoms with Crippen LogP contribution >= 0.6 is 15.9 Å². The largest absolute Gasteiger partial charge is 0.396 e. The SMILES string of the molecule is CCCc1nc(Br)cc(NCC(C)(C)CCO)n1. The van der Waals surface area contributed by atoms with E-state index < -0.39 is 0 Å². The van der Waals surface area contributed by atoms with Gasteiger partial charge in [-0.1, -0.05) is 20.8 Å². The first-order chi connectivity index (χ1) is 8.46. The van der Waals surface area contributed by atoms with Crippen LogP contribution in [0.15, 0.2) is 10.7 Å². The van der Waals surface area contributed by atoms with Crippen LogP contribution in [-0.4, -0.2) is 28.2 Å². The van der Waals surface area contributed by atoms with Gasteiger partial charge in [-0.25, -0.2) is 9.97 Å². The number of halogens is 1. The maximum atomic E-state index is 9.00. The number of nitrogens with zero attached hydrogens (tertiary/aromatic N) is 2. The van der Waals surface area contributed by atoms with E-state index in [0.29, 0.717) is 0 Å². The van der Waals surface area contributed by atoms with Gasteiger partial charge in [-0.2, -0.15) is 0 Å². The fourth-order valence-electron chi connectivity index (χ4n) is 1.61. The number of aromatic nitrogens is 2. The maximum absolute atomic E-state index is 9.00. The summed E-state index contributed by atoms with van der Waals surface area (Å²) >= 11 is 3.40. The average molecular weight is 316 g/mol.